The number of ether oxygens (including phenoxy) is 6. The highest BCUT2D eigenvalue weighted by Crippen LogP contribution is 2.33. The summed E-state index contributed by atoms with van der Waals surface area (Å²) in [5.41, 5.74) is 0. The van der Waals surface area contributed by atoms with Crippen LogP contribution in [0.15, 0.2) is 36.5 Å². The maximum absolute atomic E-state index is 13.4. The van der Waals surface area contributed by atoms with Crippen LogP contribution in [0.2, 0.25) is 0 Å². The zero-order valence-electron chi connectivity index (χ0n) is 55.9. The molecule has 0 bridgehead atoms. The number of hydrogen-bond donors (Lipinski definition) is 12. The Hall–Kier alpha value is -1.99. The van der Waals surface area contributed by atoms with E-state index >= 15 is 0 Å². The van der Waals surface area contributed by atoms with Crippen LogP contribution in [0.5, 0.6) is 0 Å². The van der Waals surface area contributed by atoms with Gasteiger partial charge in [0.2, 0.25) is 5.91 Å². The Labute approximate surface area is 542 Å². The number of carbonyl (C=O) groups excluding carboxylic acids is 1. The van der Waals surface area contributed by atoms with Crippen LogP contribution < -0.4 is 5.32 Å². The zero-order chi connectivity index (χ0) is 65.4. The highest BCUT2D eigenvalue weighted by molar-refractivity contribution is 5.76. The molecule has 3 aliphatic heterocycles. The first-order valence-corrected chi connectivity index (χ1v) is 36.2. The predicted molar refractivity (Wildman–Crippen MR) is 351 cm³/mol. The summed E-state index contributed by atoms with van der Waals surface area (Å²) in [6.07, 6.45) is 35.6. The van der Waals surface area contributed by atoms with E-state index in [-0.39, 0.29) is 18.9 Å². The molecule has 19 nitrogen and oxygen atoms in total. The zero-order valence-corrected chi connectivity index (χ0v) is 55.9. The number of unbranched alkanes of at least 4 members (excludes halogenated alkanes) is 36. The topological polar surface area (TPSA) is 307 Å². The Kier molecular flexibility index (Phi) is 48.6. The lowest BCUT2D eigenvalue weighted by molar-refractivity contribution is -0.379. The molecule has 3 heterocycles. The van der Waals surface area contributed by atoms with Crippen molar-refractivity contribution >= 4 is 5.91 Å². The second-order valence-corrected chi connectivity index (χ2v) is 26.0. The number of rotatable bonds is 56. The summed E-state index contributed by atoms with van der Waals surface area (Å²) in [5.74, 6) is -0.287. The van der Waals surface area contributed by atoms with Crippen molar-refractivity contribution in [3.05, 3.63) is 36.5 Å². The monoisotopic (exact) mass is 1290 g/mol. The minimum Gasteiger partial charge on any atom is -0.394 e. The van der Waals surface area contributed by atoms with Crippen molar-refractivity contribution in [1.82, 2.24) is 5.32 Å². The number of nitrogens with one attached hydrogen (secondary N) is 1. The van der Waals surface area contributed by atoms with Crippen LogP contribution >= 0.6 is 0 Å². The van der Waals surface area contributed by atoms with Crippen molar-refractivity contribution < 1.29 is 89.4 Å². The third-order valence-corrected chi connectivity index (χ3v) is 18.2. The van der Waals surface area contributed by atoms with Gasteiger partial charge >= 0.3 is 0 Å². The standard InChI is InChI=1S/C71H131NO18/c1-3-5-7-9-11-13-15-17-19-21-23-24-25-26-27-28-29-30-31-32-34-36-38-40-42-44-46-48-55(76)54(72-59(77)49-47-45-43-41-39-37-35-33-22-20-18-16-14-12-10-8-6-4-2)53-85-69-65(83)62(80)67(57(51-74)87-69)90-71-66(84)63(81)68(58(52-75)88-71)89-70-64(82)61(79)60(78)56(50-73)86-70/h20,22,38,40,46,48,54-58,60-71,73-76,78-84H,3-19,21,23-37,39,41-45,47,49-53H2,1-2H3,(H,72,77)/b22-20-,40-38+,48-46+. The first kappa shape index (κ1) is 82.2. The van der Waals surface area contributed by atoms with Crippen molar-refractivity contribution in [2.45, 2.75) is 381 Å². The van der Waals surface area contributed by atoms with E-state index in [9.17, 15) is 61.0 Å². The van der Waals surface area contributed by atoms with Crippen molar-refractivity contribution in [2.24, 2.45) is 0 Å². The van der Waals surface area contributed by atoms with Crippen molar-refractivity contribution in [1.29, 1.82) is 0 Å². The molecular weight excluding hydrogens is 1150 g/mol. The fraction of sp³-hybridized carbons (Fsp3) is 0.901. The molecule has 1 amide bonds. The molecule has 0 saturated carbocycles. The van der Waals surface area contributed by atoms with E-state index in [1.807, 2.05) is 6.08 Å². The summed E-state index contributed by atoms with van der Waals surface area (Å²) in [5, 5.41) is 121. The summed E-state index contributed by atoms with van der Waals surface area (Å²) in [6, 6.07) is -0.992. The highest BCUT2D eigenvalue weighted by atomic mass is 16.8. The average molecular weight is 1290 g/mol. The van der Waals surface area contributed by atoms with E-state index in [1.54, 1.807) is 6.08 Å². The van der Waals surface area contributed by atoms with Gasteiger partial charge in [-0.05, 0) is 57.8 Å². The van der Waals surface area contributed by atoms with Crippen LogP contribution in [0.25, 0.3) is 0 Å². The molecule has 90 heavy (non-hydrogen) atoms. The van der Waals surface area contributed by atoms with Gasteiger partial charge < -0.3 is 89.9 Å². The van der Waals surface area contributed by atoms with Crippen LogP contribution in [0.1, 0.15) is 277 Å². The van der Waals surface area contributed by atoms with Crippen LogP contribution in [-0.4, -0.2) is 193 Å². The Balaban J connectivity index is 1.43. The normalized spacial score (nSPS) is 28.2. The van der Waals surface area contributed by atoms with Gasteiger partial charge in [-0.25, -0.2) is 0 Å². The number of carbonyl (C=O) groups is 1. The molecule has 17 unspecified atom stereocenters. The summed E-state index contributed by atoms with van der Waals surface area (Å²) >= 11 is 0. The molecule has 3 fully saturated rings. The molecule has 0 radical (unpaired) electrons. The first-order chi connectivity index (χ1) is 43.8. The molecular formula is C71H131NO18. The minimum absolute atomic E-state index is 0.231. The number of hydrogen-bond acceptors (Lipinski definition) is 18. The van der Waals surface area contributed by atoms with E-state index in [0.717, 1.165) is 51.4 Å². The number of allylic oxidation sites excluding steroid dienone is 5. The minimum atomic E-state index is -1.98. The average Bonchev–Trinajstić information content (AvgIpc) is 0.847. The Morgan fingerprint density at radius 1 is 0.389 bits per heavy atom. The number of amides is 1. The lowest BCUT2D eigenvalue weighted by Crippen LogP contribution is -2.66. The Morgan fingerprint density at radius 3 is 1.11 bits per heavy atom. The molecule has 17 atom stereocenters. The smallest absolute Gasteiger partial charge is 0.220 e. The quantitative estimate of drug-likeness (QED) is 0.0199. The van der Waals surface area contributed by atoms with Crippen LogP contribution in [0, 0.1) is 0 Å². The van der Waals surface area contributed by atoms with Gasteiger partial charge in [0.25, 0.3) is 0 Å². The molecule has 3 aliphatic rings. The third-order valence-electron chi connectivity index (χ3n) is 18.2. The van der Waals surface area contributed by atoms with Crippen molar-refractivity contribution in [3.63, 3.8) is 0 Å². The lowest BCUT2D eigenvalue weighted by Gasteiger charge is -2.48. The molecule has 0 aromatic rings. The molecule has 528 valence electrons. The SMILES string of the molecule is CCCCCCCCC/C=C\CCCCCCCCCC(=O)NC(COC1OC(CO)C(OC2OC(CO)C(OC3OC(CO)C(O)C(O)C3O)C(O)C2O)C(O)C1O)C(O)/C=C/CC/C=C/CCCCCCCCCCCCCCCCCCCCCCC. The van der Waals surface area contributed by atoms with E-state index in [2.05, 4.69) is 43.5 Å². The molecule has 19 heteroatoms. The summed E-state index contributed by atoms with van der Waals surface area (Å²) < 4.78 is 34.4. The van der Waals surface area contributed by atoms with E-state index in [1.165, 1.54) is 193 Å². The van der Waals surface area contributed by atoms with Gasteiger partial charge in [-0.3, -0.25) is 4.79 Å². The largest absolute Gasteiger partial charge is 0.394 e. The molecule has 0 aromatic carbocycles. The molecule has 12 N–H and O–H groups in total. The van der Waals surface area contributed by atoms with Gasteiger partial charge in [0.05, 0.1) is 38.6 Å². The fourth-order valence-electron chi connectivity index (χ4n) is 12.3. The fourth-order valence-corrected chi connectivity index (χ4v) is 12.3. The summed E-state index contributed by atoms with van der Waals surface area (Å²) in [4.78, 5) is 13.4. The molecule has 3 rings (SSSR count). The summed E-state index contributed by atoms with van der Waals surface area (Å²) in [7, 11) is 0. The Morgan fingerprint density at radius 2 is 0.711 bits per heavy atom. The maximum Gasteiger partial charge on any atom is 0.220 e. The van der Waals surface area contributed by atoms with Gasteiger partial charge in [-0.15, -0.1) is 0 Å². The first-order valence-electron chi connectivity index (χ1n) is 36.2. The van der Waals surface area contributed by atoms with E-state index < -0.39 is 124 Å². The maximum atomic E-state index is 13.4. The third kappa shape index (κ3) is 34.6. The van der Waals surface area contributed by atoms with Crippen molar-refractivity contribution in [2.75, 3.05) is 26.4 Å². The second kappa shape index (κ2) is 53.2. The second-order valence-electron chi connectivity index (χ2n) is 26.0. The molecule has 0 aromatic heterocycles. The molecule has 0 aliphatic carbocycles. The van der Waals surface area contributed by atoms with Gasteiger partial charge in [0.15, 0.2) is 18.9 Å². The Bertz CT molecular complexity index is 1780. The van der Waals surface area contributed by atoms with Crippen LogP contribution in [0.4, 0.5) is 0 Å². The highest BCUT2D eigenvalue weighted by Gasteiger charge is 2.53. The van der Waals surface area contributed by atoms with Gasteiger partial charge in [0, 0.05) is 6.42 Å². The number of aliphatic hydroxyl groups is 11. The molecule has 3 saturated heterocycles. The van der Waals surface area contributed by atoms with Crippen molar-refractivity contribution in [3.8, 4) is 0 Å². The van der Waals surface area contributed by atoms with E-state index in [0.29, 0.717) is 12.8 Å². The van der Waals surface area contributed by atoms with Crippen LogP contribution in [-0.2, 0) is 33.2 Å². The lowest BCUT2D eigenvalue weighted by atomic mass is 9.96. The van der Waals surface area contributed by atoms with Gasteiger partial charge in [0.1, 0.15) is 73.2 Å². The van der Waals surface area contributed by atoms with Crippen LogP contribution in [0.3, 0.4) is 0 Å². The summed E-state index contributed by atoms with van der Waals surface area (Å²) in [6.45, 7) is 1.74. The molecule has 0 spiro atoms. The van der Waals surface area contributed by atoms with Gasteiger partial charge in [-0.2, -0.15) is 0 Å². The van der Waals surface area contributed by atoms with E-state index in [4.69, 9.17) is 28.4 Å². The predicted octanol–water partition coefficient (Wildman–Crippen LogP) is 10.00. The number of aliphatic hydroxyl groups excluding tert-OH is 11. The van der Waals surface area contributed by atoms with Gasteiger partial charge in [-0.1, -0.05) is 249 Å².